The Hall–Kier alpha value is -1.45. The Kier molecular flexibility index (Phi) is 4.88. The van der Waals surface area contributed by atoms with Crippen LogP contribution < -0.4 is 10.1 Å². The Balaban J connectivity index is 2.29. The summed E-state index contributed by atoms with van der Waals surface area (Å²) in [5.74, 6) is 1.84. The fourth-order valence-corrected chi connectivity index (χ4v) is 2.42. The standard InChI is InChI=1S/C16H19NOS/c1-12-8-9-13(11-17-2)10-15(12)18-14-6-4-5-7-16(14)19-3/h4-10,17H,11H2,1-3H3. The second kappa shape index (κ2) is 6.64. The summed E-state index contributed by atoms with van der Waals surface area (Å²) in [5.41, 5.74) is 2.38. The van der Waals surface area contributed by atoms with Crippen LogP contribution in [0.25, 0.3) is 0 Å². The molecule has 0 aliphatic rings. The van der Waals surface area contributed by atoms with Gasteiger partial charge >= 0.3 is 0 Å². The van der Waals surface area contributed by atoms with Crippen LogP contribution in [0.4, 0.5) is 0 Å². The van der Waals surface area contributed by atoms with Crippen LogP contribution in [0, 0.1) is 6.92 Å². The van der Waals surface area contributed by atoms with E-state index in [9.17, 15) is 0 Å². The van der Waals surface area contributed by atoms with Crippen molar-refractivity contribution in [1.82, 2.24) is 5.32 Å². The molecule has 0 saturated heterocycles. The number of hydrogen-bond donors (Lipinski definition) is 1. The number of hydrogen-bond acceptors (Lipinski definition) is 3. The first-order valence-corrected chi connectivity index (χ1v) is 7.52. The Morgan fingerprint density at radius 3 is 2.63 bits per heavy atom. The summed E-state index contributed by atoms with van der Waals surface area (Å²) in [4.78, 5) is 1.15. The van der Waals surface area contributed by atoms with E-state index in [4.69, 9.17) is 4.74 Å². The molecule has 0 radical (unpaired) electrons. The van der Waals surface area contributed by atoms with Crippen LogP contribution >= 0.6 is 11.8 Å². The maximum Gasteiger partial charge on any atom is 0.140 e. The van der Waals surface area contributed by atoms with Crippen LogP contribution in [0.3, 0.4) is 0 Å². The lowest BCUT2D eigenvalue weighted by Crippen LogP contribution is -2.05. The van der Waals surface area contributed by atoms with Crippen molar-refractivity contribution < 1.29 is 4.74 Å². The average Bonchev–Trinajstić information content (AvgIpc) is 2.43. The molecule has 2 aromatic rings. The summed E-state index contributed by atoms with van der Waals surface area (Å²) in [6, 6.07) is 14.4. The van der Waals surface area contributed by atoms with Gasteiger partial charge in [0.1, 0.15) is 11.5 Å². The van der Waals surface area contributed by atoms with Crippen molar-refractivity contribution in [3.8, 4) is 11.5 Å². The molecule has 0 heterocycles. The number of benzene rings is 2. The average molecular weight is 273 g/mol. The molecular formula is C16H19NOS. The minimum Gasteiger partial charge on any atom is -0.456 e. The van der Waals surface area contributed by atoms with E-state index in [1.165, 1.54) is 5.56 Å². The molecule has 0 fully saturated rings. The van der Waals surface area contributed by atoms with Crippen LogP contribution in [0.5, 0.6) is 11.5 Å². The molecule has 0 unspecified atom stereocenters. The molecule has 2 nitrogen and oxygen atoms in total. The van der Waals surface area contributed by atoms with Crippen molar-refractivity contribution >= 4 is 11.8 Å². The highest BCUT2D eigenvalue weighted by Gasteiger charge is 2.06. The van der Waals surface area contributed by atoms with E-state index in [0.717, 1.165) is 28.5 Å². The highest BCUT2D eigenvalue weighted by atomic mass is 32.2. The monoisotopic (exact) mass is 273 g/mol. The Bertz CT molecular complexity index is 554. The predicted molar refractivity (Wildman–Crippen MR) is 82.2 cm³/mol. The number of para-hydroxylation sites is 1. The van der Waals surface area contributed by atoms with Crippen molar-refractivity contribution in [2.45, 2.75) is 18.4 Å². The van der Waals surface area contributed by atoms with Gasteiger partial charge in [-0.1, -0.05) is 24.3 Å². The fraction of sp³-hybridized carbons (Fsp3) is 0.250. The third-order valence-corrected chi connectivity index (χ3v) is 3.70. The van der Waals surface area contributed by atoms with Gasteiger partial charge in [0.05, 0.1) is 0 Å². The molecule has 100 valence electrons. The summed E-state index contributed by atoms with van der Waals surface area (Å²) < 4.78 is 6.07. The van der Waals surface area contributed by atoms with Crippen LogP contribution in [0.2, 0.25) is 0 Å². The Morgan fingerprint density at radius 2 is 1.89 bits per heavy atom. The zero-order valence-electron chi connectivity index (χ0n) is 11.6. The van der Waals surface area contributed by atoms with Gasteiger partial charge in [0, 0.05) is 11.4 Å². The zero-order chi connectivity index (χ0) is 13.7. The molecule has 19 heavy (non-hydrogen) atoms. The van der Waals surface area contributed by atoms with Crippen molar-refractivity contribution in [2.75, 3.05) is 13.3 Å². The summed E-state index contributed by atoms with van der Waals surface area (Å²) in [6.07, 6.45) is 2.06. The number of ether oxygens (including phenoxy) is 1. The minimum absolute atomic E-state index is 0.848. The smallest absolute Gasteiger partial charge is 0.140 e. The van der Waals surface area contributed by atoms with E-state index < -0.39 is 0 Å². The number of nitrogens with one attached hydrogen (secondary N) is 1. The molecule has 0 aliphatic carbocycles. The van der Waals surface area contributed by atoms with Crippen molar-refractivity contribution in [3.05, 3.63) is 53.6 Å². The number of aryl methyl sites for hydroxylation is 1. The number of thioether (sulfide) groups is 1. The van der Waals surface area contributed by atoms with Gasteiger partial charge in [-0.3, -0.25) is 0 Å². The topological polar surface area (TPSA) is 21.3 Å². The first-order chi connectivity index (χ1) is 9.24. The van der Waals surface area contributed by atoms with Crippen LogP contribution in [-0.4, -0.2) is 13.3 Å². The molecular weight excluding hydrogens is 254 g/mol. The first kappa shape index (κ1) is 14.0. The lowest BCUT2D eigenvalue weighted by molar-refractivity contribution is 0.466. The van der Waals surface area contributed by atoms with E-state index in [1.807, 2.05) is 25.2 Å². The largest absolute Gasteiger partial charge is 0.456 e. The van der Waals surface area contributed by atoms with Crippen LogP contribution in [0.1, 0.15) is 11.1 Å². The van der Waals surface area contributed by atoms with Gasteiger partial charge in [0.15, 0.2) is 0 Å². The van der Waals surface area contributed by atoms with Crippen LogP contribution in [-0.2, 0) is 6.54 Å². The fourth-order valence-electron chi connectivity index (χ4n) is 1.89. The third kappa shape index (κ3) is 3.52. The second-order valence-electron chi connectivity index (χ2n) is 4.38. The number of rotatable bonds is 5. The molecule has 0 spiro atoms. The molecule has 2 rings (SSSR count). The quantitative estimate of drug-likeness (QED) is 0.824. The Labute approximate surface area is 119 Å². The minimum atomic E-state index is 0.848. The van der Waals surface area contributed by atoms with Crippen LogP contribution in [0.15, 0.2) is 47.4 Å². The molecule has 0 saturated carbocycles. The molecule has 0 aromatic heterocycles. The van der Waals surface area contributed by atoms with Gasteiger partial charge in [0.2, 0.25) is 0 Å². The van der Waals surface area contributed by atoms with Gasteiger partial charge in [-0.05, 0) is 49.6 Å². The summed E-state index contributed by atoms with van der Waals surface area (Å²) in [6.45, 7) is 2.92. The predicted octanol–water partition coefficient (Wildman–Crippen LogP) is 4.23. The molecule has 2 aromatic carbocycles. The molecule has 0 bridgehead atoms. The zero-order valence-corrected chi connectivity index (χ0v) is 12.4. The summed E-state index contributed by atoms with van der Waals surface area (Å²) in [5, 5.41) is 3.16. The summed E-state index contributed by atoms with van der Waals surface area (Å²) >= 11 is 1.70. The summed E-state index contributed by atoms with van der Waals surface area (Å²) in [7, 11) is 1.95. The Morgan fingerprint density at radius 1 is 1.11 bits per heavy atom. The lowest BCUT2D eigenvalue weighted by atomic mass is 10.1. The molecule has 3 heteroatoms. The van der Waals surface area contributed by atoms with E-state index in [2.05, 4.69) is 42.8 Å². The van der Waals surface area contributed by atoms with E-state index in [-0.39, 0.29) is 0 Å². The van der Waals surface area contributed by atoms with Crippen molar-refractivity contribution in [2.24, 2.45) is 0 Å². The second-order valence-corrected chi connectivity index (χ2v) is 5.23. The maximum absolute atomic E-state index is 6.07. The first-order valence-electron chi connectivity index (χ1n) is 6.29. The molecule has 0 amide bonds. The van der Waals surface area contributed by atoms with Gasteiger partial charge < -0.3 is 10.1 Å². The van der Waals surface area contributed by atoms with E-state index >= 15 is 0 Å². The van der Waals surface area contributed by atoms with Crippen molar-refractivity contribution in [1.29, 1.82) is 0 Å². The molecule has 0 atom stereocenters. The molecule has 1 N–H and O–H groups in total. The lowest BCUT2D eigenvalue weighted by Gasteiger charge is -2.13. The van der Waals surface area contributed by atoms with Gasteiger partial charge in [0.25, 0.3) is 0 Å². The third-order valence-electron chi connectivity index (χ3n) is 2.92. The normalized spacial score (nSPS) is 10.5. The highest BCUT2D eigenvalue weighted by molar-refractivity contribution is 7.98. The van der Waals surface area contributed by atoms with E-state index in [0.29, 0.717) is 0 Å². The van der Waals surface area contributed by atoms with Crippen molar-refractivity contribution in [3.63, 3.8) is 0 Å². The van der Waals surface area contributed by atoms with Gasteiger partial charge in [-0.25, -0.2) is 0 Å². The van der Waals surface area contributed by atoms with E-state index in [1.54, 1.807) is 11.8 Å². The SMILES string of the molecule is CNCc1ccc(C)c(Oc2ccccc2SC)c1. The maximum atomic E-state index is 6.07. The van der Waals surface area contributed by atoms with Gasteiger partial charge in [-0.2, -0.15) is 0 Å². The highest BCUT2D eigenvalue weighted by Crippen LogP contribution is 2.33. The molecule has 0 aliphatic heterocycles. The van der Waals surface area contributed by atoms with Gasteiger partial charge in [-0.15, -0.1) is 11.8 Å².